The highest BCUT2D eigenvalue weighted by Gasteiger charge is 2.31. The third-order valence-electron chi connectivity index (χ3n) is 6.14. The molecule has 1 N–H and O–H groups in total. The van der Waals surface area contributed by atoms with Gasteiger partial charge >= 0.3 is 0 Å². The lowest BCUT2D eigenvalue weighted by atomic mass is 9.89. The number of para-hydroxylation sites is 1. The molecule has 1 aromatic carbocycles. The van der Waals surface area contributed by atoms with E-state index in [0.717, 1.165) is 39.0 Å². The Labute approximate surface area is 150 Å². The van der Waals surface area contributed by atoms with E-state index in [1.165, 1.54) is 29.3 Å². The van der Waals surface area contributed by atoms with Gasteiger partial charge in [-0.2, -0.15) is 0 Å². The van der Waals surface area contributed by atoms with Gasteiger partial charge in [-0.3, -0.25) is 4.79 Å². The molecule has 0 bridgehead atoms. The molecule has 1 atom stereocenters. The highest BCUT2D eigenvalue weighted by molar-refractivity contribution is 5.83. The van der Waals surface area contributed by atoms with E-state index in [1.54, 1.807) is 0 Å². The van der Waals surface area contributed by atoms with Crippen molar-refractivity contribution in [3.63, 3.8) is 0 Å². The molecule has 2 fully saturated rings. The molecule has 0 amide bonds. The Kier molecular flexibility index (Phi) is 4.91. The van der Waals surface area contributed by atoms with Crippen LogP contribution in [0, 0.1) is 5.92 Å². The van der Waals surface area contributed by atoms with Gasteiger partial charge in [-0.15, -0.1) is 0 Å². The predicted octanol–water partition coefficient (Wildman–Crippen LogP) is 3.95. The summed E-state index contributed by atoms with van der Waals surface area (Å²) in [7, 11) is 0. The summed E-state index contributed by atoms with van der Waals surface area (Å²) in [5.74, 6) is 1.34. The van der Waals surface area contributed by atoms with Crippen LogP contribution in [0.3, 0.4) is 0 Å². The number of fused-ring (bicyclic) bond motifs is 1. The fraction of sp³-hybridized carbons (Fsp3) is 0.571. The van der Waals surface area contributed by atoms with E-state index in [2.05, 4.69) is 45.5 Å². The highest BCUT2D eigenvalue weighted by Crippen LogP contribution is 2.34. The van der Waals surface area contributed by atoms with Crippen LogP contribution in [0.4, 0.5) is 0 Å². The number of nitrogens with zero attached hydrogens (tertiary/aromatic N) is 2. The van der Waals surface area contributed by atoms with Gasteiger partial charge in [0.05, 0.1) is 0 Å². The largest absolute Gasteiger partial charge is 0.361 e. The van der Waals surface area contributed by atoms with Crippen LogP contribution < -0.4 is 0 Å². The molecule has 1 aromatic heterocycles. The van der Waals surface area contributed by atoms with Crippen LogP contribution in [0.5, 0.6) is 0 Å². The molecule has 4 rings (SSSR count). The minimum Gasteiger partial charge on any atom is -0.361 e. The molecule has 2 aromatic rings. The maximum absolute atomic E-state index is 12.1. The molecule has 2 aliphatic rings. The second kappa shape index (κ2) is 7.30. The summed E-state index contributed by atoms with van der Waals surface area (Å²) >= 11 is 0. The van der Waals surface area contributed by atoms with E-state index in [9.17, 15) is 4.79 Å². The Balaban J connectivity index is 1.39. The van der Waals surface area contributed by atoms with Crippen LogP contribution in [-0.2, 0) is 4.79 Å². The summed E-state index contributed by atoms with van der Waals surface area (Å²) in [5.41, 5.74) is 2.73. The summed E-state index contributed by atoms with van der Waals surface area (Å²) in [6.07, 6.45) is 7.52. The van der Waals surface area contributed by atoms with Gasteiger partial charge < -0.3 is 4.98 Å². The number of piperidine rings is 2. The molecule has 4 heteroatoms. The molecular weight excluding hydrogens is 310 g/mol. The van der Waals surface area contributed by atoms with Crippen molar-refractivity contribution in [2.24, 2.45) is 5.92 Å². The number of nitrogens with one attached hydrogen (secondary N) is 1. The van der Waals surface area contributed by atoms with Crippen molar-refractivity contribution in [2.45, 2.75) is 44.9 Å². The second-order valence-electron chi connectivity index (χ2n) is 7.59. The number of carbonyl (C=O) groups excluding carboxylic acids is 1. The molecule has 2 aliphatic heterocycles. The Bertz CT molecular complexity index is 730. The van der Waals surface area contributed by atoms with E-state index in [-0.39, 0.29) is 5.92 Å². The lowest BCUT2D eigenvalue weighted by Gasteiger charge is -2.43. The number of Topliss-reactive ketones (excluding diaryl/α,β-unsaturated/α-hetero) is 1. The third kappa shape index (κ3) is 3.38. The predicted molar refractivity (Wildman–Crippen MR) is 101 cm³/mol. The van der Waals surface area contributed by atoms with Crippen molar-refractivity contribution >= 4 is 16.7 Å². The number of rotatable bonds is 4. The SMILES string of the molecule is CCC(=O)C1CCCN(N2CCC(c3c[nH]c4ccccc34)CC2)C1. The Morgan fingerprint density at radius 2 is 1.92 bits per heavy atom. The van der Waals surface area contributed by atoms with Gasteiger partial charge in [0.1, 0.15) is 5.78 Å². The quantitative estimate of drug-likeness (QED) is 0.917. The molecule has 0 saturated carbocycles. The van der Waals surface area contributed by atoms with Gasteiger partial charge in [0.15, 0.2) is 0 Å². The van der Waals surface area contributed by atoms with Crippen molar-refractivity contribution in [2.75, 3.05) is 26.2 Å². The van der Waals surface area contributed by atoms with Crippen LogP contribution in [0.1, 0.15) is 50.5 Å². The van der Waals surface area contributed by atoms with Crippen molar-refractivity contribution < 1.29 is 4.79 Å². The van der Waals surface area contributed by atoms with E-state index < -0.39 is 0 Å². The number of hydrogen-bond acceptors (Lipinski definition) is 3. The summed E-state index contributed by atoms with van der Waals surface area (Å²) in [4.78, 5) is 15.5. The maximum atomic E-state index is 12.1. The average molecular weight is 339 g/mol. The zero-order valence-electron chi connectivity index (χ0n) is 15.2. The highest BCUT2D eigenvalue weighted by atomic mass is 16.1. The summed E-state index contributed by atoms with van der Waals surface area (Å²) in [5, 5.41) is 6.36. The number of ketones is 1. The van der Waals surface area contributed by atoms with Gasteiger partial charge in [-0.1, -0.05) is 25.1 Å². The van der Waals surface area contributed by atoms with E-state index in [1.807, 2.05) is 6.92 Å². The van der Waals surface area contributed by atoms with E-state index in [4.69, 9.17) is 0 Å². The molecule has 0 aliphatic carbocycles. The summed E-state index contributed by atoms with van der Waals surface area (Å²) in [6, 6.07) is 8.62. The number of hydrogen-bond donors (Lipinski definition) is 1. The second-order valence-corrected chi connectivity index (χ2v) is 7.59. The van der Waals surface area contributed by atoms with Crippen molar-refractivity contribution in [1.29, 1.82) is 0 Å². The smallest absolute Gasteiger partial charge is 0.137 e. The number of hydrazine groups is 1. The van der Waals surface area contributed by atoms with E-state index >= 15 is 0 Å². The van der Waals surface area contributed by atoms with Gasteiger partial charge in [0.2, 0.25) is 0 Å². The first-order valence-corrected chi connectivity index (χ1v) is 9.84. The molecule has 134 valence electrons. The van der Waals surface area contributed by atoms with Gasteiger partial charge in [0.25, 0.3) is 0 Å². The van der Waals surface area contributed by atoms with Gasteiger partial charge in [0, 0.05) is 55.6 Å². The molecule has 25 heavy (non-hydrogen) atoms. The normalized spacial score (nSPS) is 24.0. The van der Waals surface area contributed by atoms with Crippen molar-refractivity contribution in [3.05, 3.63) is 36.0 Å². The summed E-state index contributed by atoms with van der Waals surface area (Å²) in [6.45, 7) is 6.26. The topological polar surface area (TPSA) is 39.3 Å². The van der Waals surface area contributed by atoms with Crippen LogP contribution in [0.25, 0.3) is 10.9 Å². The zero-order chi connectivity index (χ0) is 17.2. The molecule has 0 spiro atoms. The zero-order valence-corrected chi connectivity index (χ0v) is 15.2. The fourth-order valence-corrected chi connectivity index (χ4v) is 4.66. The average Bonchev–Trinajstić information content (AvgIpc) is 3.12. The lowest BCUT2D eigenvalue weighted by Crippen LogP contribution is -2.51. The Morgan fingerprint density at radius 3 is 2.72 bits per heavy atom. The summed E-state index contributed by atoms with van der Waals surface area (Å²) < 4.78 is 0. The van der Waals surface area contributed by atoms with Gasteiger partial charge in [-0.25, -0.2) is 10.0 Å². The molecule has 4 nitrogen and oxygen atoms in total. The standard InChI is InChI=1S/C21H29N3O/c1-2-21(25)17-6-5-11-24(15-17)23-12-9-16(10-13-23)19-14-22-20-8-4-3-7-18(19)20/h3-4,7-8,14,16-17,22H,2,5-6,9-13,15H2,1H3. The van der Waals surface area contributed by atoms with Crippen LogP contribution in [-0.4, -0.2) is 47.0 Å². The number of aromatic nitrogens is 1. The minimum atomic E-state index is 0.255. The van der Waals surface area contributed by atoms with E-state index in [0.29, 0.717) is 18.1 Å². The first-order chi connectivity index (χ1) is 12.3. The maximum Gasteiger partial charge on any atom is 0.137 e. The number of benzene rings is 1. The lowest BCUT2D eigenvalue weighted by molar-refractivity contribution is -0.129. The first kappa shape index (κ1) is 16.8. The molecular formula is C21H29N3O. The number of H-pyrrole nitrogens is 1. The van der Waals surface area contributed by atoms with Crippen molar-refractivity contribution in [3.8, 4) is 0 Å². The Morgan fingerprint density at radius 1 is 1.12 bits per heavy atom. The Hall–Kier alpha value is -1.65. The molecule has 1 unspecified atom stereocenters. The fourth-order valence-electron chi connectivity index (χ4n) is 4.66. The minimum absolute atomic E-state index is 0.255. The molecule has 2 saturated heterocycles. The van der Waals surface area contributed by atoms with Crippen LogP contribution in [0.2, 0.25) is 0 Å². The first-order valence-electron chi connectivity index (χ1n) is 9.84. The molecule has 0 radical (unpaired) electrons. The number of aromatic amines is 1. The number of carbonyl (C=O) groups is 1. The van der Waals surface area contributed by atoms with Crippen molar-refractivity contribution in [1.82, 2.24) is 15.0 Å². The van der Waals surface area contributed by atoms with Crippen LogP contribution in [0.15, 0.2) is 30.5 Å². The van der Waals surface area contributed by atoms with Crippen LogP contribution >= 0.6 is 0 Å². The van der Waals surface area contributed by atoms with Gasteiger partial charge in [-0.05, 0) is 43.2 Å². The third-order valence-corrected chi connectivity index (χ3v) is 6.14. The monoisotopic (exact) mass is 339 g/mol. The molecule has 3 heterocycles.